The summed E-state index contributed by atoms with van der Waals surface area (Å²) < 4.78 is 24.8. The van der Waals surface area contributed by atoms with E-state index in [1.54, 1.807) is 4.90 Å². The van der Waals surface area contributed by atoms with E-state index >= 15 is 0 Å². The largest absolute Gasteiger partial charge is 0.396 e. The third-order valence-corrected chi connectivity index (χ3v) is 5.56. The molecule has 20 heavy (non-hydrogen) atoms. The SMILES string of the molecule is CS(=O)(=O)N1CCCC1C(=O)N(CCCO)C1CCC1. The van der Waals surface area contributed by atoms with Crippen LogP contribution in [-0.4, -0.2) is 66.7 Å². The van der Waals surface area contributed by atoms with Gasteiger partial charge in [0.2, 0.25) is 15.9 Å². The van der Waals surface area contributed by atoms with E-state index in [1.807, 2.05) is 0 Å². The molecule has 2 rings (SSSR count). The fourth-order valence-corrected chi connectivity index (χ4v) is 4.11. The number of rotatable bonds is 6. The van der Waals surface area contributed by atoms with Crippen LogP contribution in [0.2, 0.25) is 0 Å². The van der Waals surface area contributed by atoms with Crippen LogP contribution < -0.4 is 0 Å². The Morgan fingerprint density at radius 1 is 1.30 bits per heavy atom. The molecule has 1 atom stereocenters. The van der Waals surface area contributed by atoms with Crippen molar-refractivity contribution in [1.82, 2.24) is 9.21 Å². The Morgan fingerprint density at radius 2 is 2.00 bits per heavy atom. The van der Waals surface area contributed by atoms with Crippen molar-refractivity contribution in [1.29, 1.82) is 0 Å². The molecule has 1 saturated carbocycles. The lowest BCUT2D eigenvalue weighted by Crippen LogP contribution is -2.53. The molecule has 0 spiro atoms. The molecular weight excluding hydrogens is 280 g/mol. The number of carbonyl (C=O) groups excluding carboxylic acids is 1. The number of aliphatic hydroxyl groups is 1. The molecule has 116 valence electrons. The second-order valence-electron chi connectivity index (χ2n) is 5.73. The Labute approximate surface area is 120 Å². The molecule has 2 fully saturated rings. The fourth-order valence-electron chi connectivity index (χ4n) is 2.99. The zero-order chi connectivity index (χ0) is 14.8. The van der Waals surface area contributed by atoms with Crippen molar-refractivity contribution in [3.8, 4) is 0 Å². The summed E-state index contributed by atoms with van der Waals surface area (Å²) in [6, 6.07) is -0.305. The molecule has 0 aromatic rings. The summed E-state index contributed by atoms with van der Waals surface area (Å²) in [5, 5.41) is 8.97. The van der Waals surface area contributed by atoms with Crippen molar-refractivity contribution in [3.05, 3.63) is 0 Å². The van der Waals surface area contributed by atoms with E-state index in [0.717, 1.165) is 25.7 Å². The van der Waals surface area contributed by atoms with Crippen molar-refractivity contribution in [2.45, 2.75) is 50.6 Å². The molecule has 6 nitrogen and oxygen atoms in total. The van der Waals surface area contributed by atoms with Crippen LogP contribution in [0.5, 0.6) is 0 Å². The first-order valence-corrected chi connectivity index (χ1v) is 9.18. The van der Waals surface area contributed by atoms with E-state index in [2.05, 4.69) is 0 Å². The van der Waals surface area contributed by atoms with E-state index in [1.165, 1.54) is 10.6 Å². The predicted molar refractivity (Wildman–Crippen MR) is 75.6 cm³/mol. The van der Waals surface area contributed by atoms with Gasteiger partial charge in [-0.05, 0) is 38.5 Å². The van der Waals surface area contributed by atoms with Crippen LogP contribution in [0, 0.1) is 0 Å². The van der Waals surface area contributed by atoms with E-state index in [0.29, 0.717) is 25.9 Å². The van der Waals surface area contributed by atoms with Gasteiger partial charge >= 0.3 is 0 Å². The normalized spacial score (nSPS) is 24.6. The molecule has 7 heteroatoms. The Bertz CT molecular complexity index is 447. The zero-order valence-corrected chi connectivity index (χ0v) is 12.8. The van der Waals surface area contributed by atoms with Crippen molar-refractivity contribution < 1.29 is 18.3 Å². The molecule has 1 unspecified atom stereocenters. The number of nitrogens with zero attached hydrogens (tertiary/aromatic N) is 2. The van der Waals surface area contributed by atoms with Gasteiger partial charge < -0.3 is 10.0 Å². The van der Waals surface area contributed by atoms with E-state index in [-0.39, 0.29) is 18.6 Å². The fraction of sp³-hybridized carbons (Fsp3) is 0.923. The Morgan fingerprint density at radius 3 is 2.50 bits per heavy atom. The maximum atomic E-state index is 12.7. The quantitative estimate of drug-likeness (QED) is 0.759. The minimum atomic E-state index is -3.33. The van der Waals surface area contributed by atoms with E-state index < -0.39 is 16.1 Å². The molecule has 1 heterocycles. The Kier molecular flexibility index (Phi) is 5.04. The molecule has 0 radical (unpaired) electrons. The monoisotopic (exact) mass is 304 g/mol. The second kappa shape index (κ2) is 6.41. The number of aliphatic hydroxyl groups excluding tert-OH is 1. The van der Waals surface area contributed by atoms with Crippen molar-refractivity contribution in [2.75, 3.05) is 26.0 Å². The first-order chi connectivity index (χ1) is 9.45. The van der Waals surface area contributed by atoms with Crippen LogP contribution in [0.1, 0.15) is 38.5 Å². The van der Waals surface area contributed by atoms with Crippen LogP contribution in [0.15, 0.2) is 0 Å². The van der Waals surface area contributed by atoms with Crippen molar-refractivity contribution in [2.24, 2.45) is 0 Å². The lowest BCUT2D eigenvalue weighted by atomic mass is 9.90. The van der Waals surface area contributed by atoms with Crippen LogP contribution >= 0.6 is 0 Å². The molecule has 0 aromatic heterocycles. The van der Waals surface area contributed by atoms with E-state index in [9.17, 15) is 13.2 Å². The molecule has 1 saturated heterocycles. The van der Waals surface area contributed by atoms with Gasteiger partial charge in [-0.25, -0.2) is 8.42 Å². The minimum absolute atomic E-state index is 0.0525. The van der Waals surface area contributed by atoms with E-state index in [4.69, 9.17) is 5.11 Å². The second-order valence-corrected chi connectivity index (χ2v) is 7.66. The summed E-state index contributed by atoms with van der Waals surface area (Å²) in [5.41, 5.74) is 0. The van der Waals surface area contributed by atoms with Crippen molar-refractivity contribution >= 4 is 15.9 Å². The highest BCUT2D eigenvalue weighted by Gasteiger charge is 2.40. The Hall–Kier alpha value is -0.660. The standard InChI is InChI=1S/C13H24N2O4S/c1-20(18,19)15-9-3-7-12(15)13(17)14(8-4-10-16)11-5-2-6-11/h11-12,16H,2-10H2,1H3. The third kappa shape index (κ3) is 3.32. The average molecular weight is 304 g/mol. The number of hydrogen-bond donors (Lipinski definition) is 1. The van der Waals surface area contributed by atoms with Gasteiger partial charge in [-0.1, -0.05) is 0 Å². The van der Waals surface area contributed by atoms with Gasteiger partial charge in [0.05, 0.1) is 6.26 Å². The zero-order valence-electron chi connectivity index (χ0n) is 12.0. The first-order valence-electron chi connectivity index (χ1n) is 7.33. The molecule has 1 aliphatic heterocycles. The van der Waals surface area contributed by atoms with Gasteiger partial charge in [-0.15, -0.1) is 0 Å². The summed E-state index contributed by atoms with van der Waals surface area (Å²) in [6.07, 6.45) is 6.16. The summed E-state index contributed by atoms with van der Waals surface area (Å²) >= 11 is 0. The maximum Gasteiger partial charge on any atom is 0.241 e. The van der Waals surface area contributed by atoms with Gasteiger partial charge in [0, 0.05) is 25.7 Å². The summed E-state index contributed by atoms with van der Waals surface area (Å²) in [7, 11) is -3.33. The van der Waals surface area contributed by atoms with Gasteiger partial charge in [-0.2, -0.15) is 4.31 Å². The highest BCUT2D eigenvalue weighted by Crippen LogP contribution is 2.29. The average Bonchev–Trinajstić information content (AvgIpc) is 2.79. The smallest absolute Gasteiger partial charge is 0.241 e. The van der Waals surface area contributed by atoms with Gasteiger partial charge in [0.1, 0.15) is 6.04 Å². The molecular formula is C13H24N2O4S. The number of sulfonamides is 1. The van der Waals surface area contributed by atoms with Gasteiger partial charge in [-0.3, -0.25) is 4.79 Å². The van der Waals surface area contributed by atoms with Crippen LogP contribution in [0.4, 0.5) is 0 Å². The molecule has 2 aliphatic rings. The van der Waals surface area contributed by atoms with Gasteiger partial charge in [0.15, 0.2) is 0 Å². The first kappa shape index (κ1) is 15.7. The molecule has 1 aliphatic carbocycles. The van der Waals surface area contributed by atoms with Crippen LogP contribution in [0.25, 0.3) is 0 Å². The maximum absolute atomic E-state index is 12.7. The molecule has 1 N–H and O–H groups in total. The summed E-state index contributed by atoms with van der Waals surface area (Å²) in [4.78, 5) is 14.5. The topological polar surface area (TPSA) is 77.9 Å². The predicted octanol–water partition coefficient (Wildman–Crippen LogP) is 0.174. The highest BCUT2D eigenvalue weighted by molar-refractivity contribution is 7.88. The van der Waals surface area contributed by atoms with Crippen molar-refractivity contribution in [3.63, 3.8) is 0 Å². The number of amides is 1. The summed E-state index contributed by atoms with van der Waals surface area (Å²) in [5.74, 6) is -0.0777. The lowest BCUT2D eigenvalue weighted by molar-refractivity contribution is -0.139. The van der Waals surface area contributed by atoms with Crippen LogP contribution in [-0.2, 0) is 14.8 Å². The lowest BCUT2D eigenvalue weighted by Gasteiger charge is -2.40. The number of hydrogen-bond acceptors (Lipinski definition) is 4. The minimum Gasteiger partial charge on any atom is -0.396 e. The third-order valence-electron chi connectivity index (χ3n) is 4.27. The molecule has 0 aromatic carbocycles. The Balaban J connectivity index is 2.09. The molecule has 1 amide bonds. The number of carbonyl (C=O) groups is 1. The summed E-state index contributed by atoms with van der Waals surface area (Å²) in [6.45, 7) is 1.01. The molecule has 0 bridgehead atoms. The highest BCUT2D eigenvalue weighted by atomic mass is 32.2. The van der Waals surface area contributed by atoms with Crippen LogP contribution in [0.3, 0.4) is 0 Å². The van der Waals surface area contributed by atoms with Gasteiger partial charge in [0.25, 0.3) is 0 Å².